The van der Waals surface area contributed by atoms with Gasteiger partial charge in [0.25, 0.3) is 0 Å². The maximum absolute atomic E-state index is 11.7. The molecular formula is C11H13IN2O6S. The molecule has 116 valence electrons. The van der Waals surface area contributed by atoms with Gasteiger partial charge in [0, 0.05) is 3.57 Å². The Morgan fingerprint density at radius 1 is 1.33 bits per heavy atom. The van der Waals surface area contributed by atoms with Crippen molar-refractivity contribution in [3.8, 4) is 0 Å². The van der Waals surface area contributed by atoms with E-state index in [0.717, 1.165) is 0 Å². The summed E-state index contributed by atoms with van der Waals surface area (Å²) in [5.74, 6) is -1.30. The van der Waals surface area contributed by atoms with Crippen molar-refractivity contribution >= 4 is 50.6 Å². The smallest absolute Gasteiger partial charge is 0.422 e. The number of nitrogens with one attached hydrogen (secondary N) is 2. The normalized spacial score (nSPS) is 11.0. The van der Waals surface area contributed by atoms with Gasteiger partial charge in [-0.3, -0.25) is 4.72 Å². The molecule has 0 aromatic heterocycles. The van der Waals surface area contributed by atoms with Crippen LogP contribution in [0.15, 0.2) is 18.2 Å². The number of benzene rings is 1. The summed E-state index contributed by atoms with van der Waals surface area (Å²) in [5.41, 5.74) is -0.391. The second-order valence-corrected chi connectivity index (χ2v) is 6.82. The zero-order valence-corrected chi connectivity index (χ0v) is 14.1. The van der Waals surface area contributed by atoms with Gasteiger partial charge < -0.3 is 9.84 Å². The topological polar surface area (TPSA) is 122 Å². The Kier molecular flexibility index (Phi) is 5.78. The fourth-order valence-corrected chi connectivity index (χ4v) is 2.58. The summed E-state index contributed by atoms with van der Waals surface area (Å²) in [4.78, 5) is 22.3. The molecule has 21 heavy (non-hydrogen) atoms. The number of carbonyl (C=O) groups is 2. The molecular weight excluding hydrogens is 415 g/mol. The molecule has 0 aliphatic heterocycles. The Morgan fingerprint density at radius 2 is 1.95 bits per heavy atom. The third kappa shape index (κ3) is 5.75. The lowest BCUT2D eigenvalue weighted by Crippen LogP contribution is -2.37. The molecule has 0 unspecified atom stereocenters. The maximum atomic E-state index is 11.7. The van der Waals surface area contributed by atoms with Crippen LogP contribution in [0.5, 0.6) is 0 Å². The highest BCUT2D eigenvalue weighted by Gasteiger charge is 2.20. The van der Waals surface area contributed by atoms with Gasteiger partial charge in [-0.05, 0) is 54.6 Å². The summed E-state index contributed by atoms with van der Waals surface area (Å²) >= 11 is 1.90. The zero-order valence-electron chi connectivity index (χ0n) is 11.1. The first-order valence-electron chi connectivity index (χ1n) is 5.64. The first-order chi connectivity index (χ1) is 9.60. The van der Waals surface area contributed by atoms with Gasteiger partial charge in [0.05, 0.1) is 17.4 Å². The summed E-state index contributed by atoms with van der Waals surface area (Å²) in [6.07, 6.45) is -1.65. The van der Waals surface area contributed by atoms with E-state index in [1.54, 1.807) is 18.6 Å². The van der Waals surface area contributed by atoms with Gasteiger partial charge in [-0.25, -0.2) is 14.3 Å². The molecule has 0 fully saturated rings. The molecule has 0 heterocycles. The first-order valence-corrected chi connectivity index (χ1v) is 8.21. The summed E-state index contributed by atoms with van der Waals surface area (Å²) in [6.45, 7) is 3.11. The molecule has 1 aromatic carbocycles. The minimum absolute atomic E-state index is 0.159. The van der Waals surface area contributed by atoms with Gasteiger partial charge >= 0.3 is 22.3 Å². The predicted molar refractivity (Wildman–Crippen MR) is 83.4 cm³/mol. The molecule has 0 spiro atoms. The van der Waals surface area contributed by atoms with Crippen LogP contribution in [0.1, 0.15) is 24.2 Å². The molecule has 8 nitrogen and oxygen atoms in total. The Bertz CT molecular complexity index is 659. The molecule has 3 N–H and O–H groups in total. The van der Waals surface area contributed by atoms with Gasteiger partial charge in [0.1, 0.15) is 0 Å². The van der Waals surface area contributed by atoms with Gasteiger partial charge in [0.15, 0.2) is 0 Å². The predicted octanol–water partition coefficient (Wildman–Crippen LogP) is 1.78. The van der Waals surface area contributed by atoms with Crippen LogP contribution in [0.4, 0.5) is 10.5 Å². The van der Waals surface area contributed by atoms with Gasteiger partial charge in [0.2, 0.25) is 0 Å². The average molecular weight is 428 g/mol. The standard InChI is InChI=1S/C11H13IN2O6S/c1-6(2)20-11(17)14-21(18,19)13-9-4-3-7(12)5-8(9)10(15)16/h3-6,13H,1-2H3,(H,14,17)(H,15,16). The van der Waals surface area contributed by atoms with E-state index in [-0.39, 0.29) is 11.3 Å². The van der Waals surface area contributed by atoms with Crippen molar-refractivity contribution in [3.63, 3.8) is 0 Å². The molecule has 1 amide bonds. The molecule has 1 rings (SSSR count). The van der Waals surface area contributed by atoms with Crippen molar-refractivity contribution in [1.82, 2.24) is 4.72 Å². The van der Waals surface area contributed by atoms with E-state index in [2.05, 4.69) is 4.74 Å². The Labute approximate surface area is 135 Å². The minimum Gasteiger partial charge on any atom is -0.478 e. The number of hydrogen-bond acceptors (Lipinski definition) is 5. The number of carboxylic acid groups (broad SMARTS) is 1. The Hall–Kier alpha value is -1.56. The van der Waals surface area contributed by atoms with Crippen LogP contribution in [0.25, 0.3) is 0 Å². The fraction of sp³-hybridized carbons (Fsp3) is 0.273. The van der Waals surface area contributed by atoms with Crippen LogP contribution < -0.4 is 9.44 Å². The van der Waals surface area contributed by atoms with E-state index < -0.39 is 28.4 Å². The molecule has 0 saturated heterocycles. The van der Waals surface area contributed by atoms with Crippen molar-refractivity contribution in [1.29, 1.82) is 0 Å². The zero-order chi connectivity index (χ0) is 16.2. The number of aromatic carboxylic acids is 1. The van der Waals surface area contributed by atoms with Gasteiger partial charge in [-0.1, -0.05) is 0 Å². The fourth-order valence-electron chi connectivity index (χ4n) is 1.30. The molecule has 0 saturated carbocycles. The van der Waals surface area contributed by atoms with E-state index in [0.29, 0.717) is 3.57 Å². The molecule has 0 bridgehead atoms. The highest BCUT2D eigenvalue weighted by molar-refractivity contribution is 14.1. The molecule has 0 atom stereocenters. The summed E-state index contributed by atoms with van der Waals surface area (Å²) in [7, 11) is -4.29. The van der Waals surface area contributed by atoms with Gasteiger partial charge in [-0.15, -0.1) is 0 Å². The number of carboxylic acids is 1. The molecule has 0 aliphatic carbocycles. The summed E-state index contributed by atoms with van der Waals surface area (Å²) in [5, 5.41) is 9.04. The van der Waals surface area contributed by atoms with Crippen molar-refractivity contribution in [2.45, 2.75) is 20.0 Å². The van der Waals surface area contributed by atoms with Crippen LogP contribution >= 0.6 is 22.6 Å². The molecule has 0 radical (unpaired) electrons. The lowest BCUT2D eigenvalue weighted by Gasteiger charge is -2.13. The van der Waals surface area contributed by atoms with Crippen LogP contribution in [-0.2, 0) is 14.9 Å². The van der Waals surface area contributed by atoms with Crippen molar-refractivity contribution in [2.24, 2.45) is 0 Å². The van der Waals surface area contributed by atoms with E-state index >= 15 is 0 Å². The highest BCUT2D eigenvalue weighted by atomic mass is 127. The lowest BCUT2D eigenvalue weighted by molar-refractivity contribution is 0.0698. The van der Waals surface area contributed by atoms with Crippen LogP contribution in [0, 0.1) is 3.57 Å². The third-order valence-corrected chi connectivity index (χ3v) is 3.61. The Balaban J connectivity index is 2.94. The molecule has 1 aromatic rings. The monoisotopic (exact) mass is 428 g/mol. The second-order valence-electron chi connectivity index (χ2n) is 4.16. The number of halogens is 1. The van der Waals surface area contributed by atoms with Crippen molar-refractivity contribution in [3.05, 3.63) is 27.3 Å². The summed E-state index contributed by atoms with van der Waals surface area (Å²) < 4.78 is 32.3. The summed E-state index contributed by atoms with van der Waals surface area (Å²) in [6, 6.07) is 4.11. The van der Waals surface area contributed by atoms with E-state index in [1.807, 2.05) is 27.3 Å². The van der Waals surface area contributed by atoms with E-state index in [4.69, 9.17) is 5.11 Å². The average Bonchev–Trinajstić information content (AvgIpc) is 2.28. The van der Waals surface area contributed by atoms with Crippen molar-refractivity contribution < 1.29 is 27.9 Å². The second kappa shape index (κ2) is 6.93. The van der Waals surface area contributed by atoms with Crippen LogP contribution in [0.2, 0.25) is 0 Å². The third-order valence-electron chi connectivity index (χ3n) is 2.02. The van der Waals surface area contributed by atoms with Crippen molar-refractivity contribution in [2.75, 3.05) is 4.72 Å². The quantitative estimate of drug-likeness (QED) is 0.615. The molecule has 10 heteroatoms. The van der Waals surface area contributed by atoms with Crippen LogP contribution in [0.3, 0.4) is 0 Å². The molecule has 0 aliphatic rings. The number of ether oxygens (including phenoxy) is 1. The number of anilines is 1. The highest BCUT2D eigenvalue weighted by Crippen LogP contribution is 2.19. The number of rotatable bonds is 5. The number of hydrogen-bond donors (Lipinski definition) is 3. The lowest BCUT2D eigenvalue weighted by atomic mass is 10.2. The largest absolute Gasteiger partial charge is 0.478 e. The number of amides is 1. The maximum Gasteiger partial charge on any atom is 0.422 e. The van der Waals surface area contributed by atoms with E-state index in [9.17, 15) is 18.0 Å². The minimum atomic E-state index is -4.29. The number of carbonyl (C=O) groups excluding carboxylic acids is 1. The van der Waals surface area contributed by atoms with Gasteiger partial charge in [-0.2, -0.15) is 8.42 Å². The van der Waals surface area contributed by atoms with Crippen LogP contribution in [-0.4, -0.2) is 31.7 Å². The van der Waals surface area contributed by atoms with E-state index in [1.165, 1.54) is 18.2 Å². The first kappa shape index (κ1) is 17.5. The Morgan fingerprint density at radius 3 is 2.48 bits per heavy atom. The SMILES string of the molecule is CC(C)OC(=O)NS(=O)(=O)Nc1ccc(I)cc1C(=O)O.